The Balaban J connectivity index is 2.05. The Morgan fingerprint density at radius 2 is 1.76 bits per heavy atom. The monoisotopic (exact) mass is 330 g/mol. The first kappa shape index (κ1) is 15.1. The fourth-order valence-electron chi connectivity index (χ4n) is 3.07. The summed E-state index contributed by atoms with van der Waals surface area (Å²) in [5.74, 6) is -1.31. The molecule has 0 fully saturated rings. The maximum atomic E-state index is 12.2. The van der Waals surface area contributed by atoms with Crippen molar-refractivity contribution in [3.8, 4) is 22.5 Å². The highest BCUT2D eigenvalue weighted by Crippen LogP contribution is 2.36. The molecule has 2 N–H and O–H groups in total. The molecule has 3 aromatic rings. The molecule has 0 atom stereocenters. The Morgan fingerprint density at radius 3 is 2.52 bits per heavy atom. The smallest absolute Gasteiger partial charge is 0.336 e. The van der Waals surface area contributed by atoms with Crippen molar-refractivity contribution in [1.82, 2.24) is 4.98 Å². The molecule has 0 saturated carbocycles. The average molecular weight is 330 g/mol. The molecule has 0 spiro atoms. The predicted molar refractivity (Wildman–Crippen MR) is 94.4 cm³/mol. The summed E-state index contributed by atoms with van der Waals surface area (Å²) in [5.41, 5.74) is 3.84. The second-order valence-electron chi connectivity index (χ2n) is 5.82. The van der Waals surface area contributed by atoms with Crippen LogP contribution in [0.5, 0.6) is 0 Å². The topological polar surface area (TPSA) is 79.3 Å². The number of hydrogen-bond acceptors (Lipinski definition) is 3. The quantitative estimate of drug-likeness (QED) is 0.752. The highest BCUT2D eigenvalue weighted by molar-refractivity contribution is 6.03. The number of nitrogens with one attached hydrogen (secondary N) is 1. The van der Waals surface area contributed by atoms with Gasteiger partial charge >= 0.3 is 5.97 Å². The molecule has 0 unspecified atom stereocenters. The molecule has 0 radical (unpaired) electrons. The van der Waals surface area contributed by atoms with Gasteiger partial charge in [0.15, 0.2) is 0 Å². The van der Waals surface area contributed by atoms with Gasteiger partial charge in [-0.3, -0.25) is 4.79 Å². The number of carbonyl (C=O) groups is 2. The van der Waals surface area contributed by atoms with Crippen LogP contribution in [0.2, 0.25) is 0 Å². The van der Waals surface area contributed by atoms with Gasteiger partial charge in [0.05, 0.1) is 29.1 Å². The van der Waals surface area contributed by atoms with E-state index in [4.69, 9.17) is 4.98 Å². The Bertz CT molecular complexity index is 997. The van der Waals surface area contributed by atoms with Gasteiger partial charge in [0.25, 0.3) is 0 Å². The van der Waals surface area contributed by atoms with E-state index in [1.165, 1.54) is 6.07 Å². The number of anilines is 1. The van der Waals surface area contributed by atoms with Crippen molar-refractivity contribution in [1.29, 1.82) is 0 Å². The third-order valence-corrected chi connectivity index (χ3v) is 4.22. The average Bonchev–Trinajstić information content (AvgIpc) is 2.77. The number of carbonyl (C=O) groups excluding carboxylic acids is 1. The van der Waals surface area contributed by atoms with Crippen LogP contribution in [-0.2, 0) is 11.2 Å². The summed E-state index contributed by atoms with van der Waals surface area (Å²) in [6.07, 6.45) is -0.0201. The van der Waals surface area contributed by atoms with Crippen LogP contribution < -0.4 is 5.32 Å². The predicted octanol–water partition coefficient (Wildman–Crippen LogP) is 3.61. The van der Waals surface area contributed by atoms with Crippen molar-refractivity contribution in [3.63, 3.8) is 0 Å². The van der Waals surface area contributed by atoms with E-state index in [1.807, 2.05) is 48.5 Å². The van der Waals surface area contributed by atoms with Crippen molar-refractivity contribution in [2.45, 2.75) is 6.42 Å². The van der Waals surface area contributed by atoms with Gasteiger partial charge in [-0.25, -0.2) is 9.78 Å². The fraction of sp³-hybridized carbons (Fsp3) is 0.0500. The molecule has 1 aliphatic rings. The lowest BCUT2D eigenvalue weighted by atomic mass is 9.96. The molecular weight excluding hydrogens is 316 g/mol. The van der Waals surface area contributed by atoms with Crippen molar-refractivity contribution >= 4 is 17.6 Å². The van der Waals surface area contributed by atoms with Gasteiger partial charge in [0, 0.05) is 16.7 Å². The Labute approximate surface area is 144 Å². The Hall–Kier alpha value is -3.47. The molecular formula is C20H14N2O3. The van der Waals surface area contributed by atoms with Crippen LogP contribution in [0.25, 0.3) is 22.5 Å². The van der Waals surface area contributed by atoms with Crippen molar-refractivity contribution < 1.29 is 14.7 Å². The lowest BCUT2D eigenvalue weighted by Crippen LogP contribution is -2.15. The highest BCUT2D eigenvalue weighted by atomic mass is 16.4. The zero-order chi connectivity index (χ0) is 17.4. The van der Waals surface area contributed by atoms with Crippen LogP contribution in [-0.4, -0.2) is 22.0 Å². The van der Waals surface area contributed by atoms with Crippen molar-refractivity contribution in [2.24, 2.45) is 0 Å². The molecule has 0 bridgehead atoms. The van der Waals surface area contributed by atoms with Gasteiger partial charge in [-0.15, -0.1) is 0 Å². The first-order valence-corrected chi connectivity index (χ1v) is 7.85. The van der Waals surface area contributed by atoms with E-state index in [0.29, 0.717) is 22.6 Å². The molecule has 1 aromatic heterocycles. The summed E-state index contributed by atoms with van der Waals surface area (Å²) in [5, 5.41) is 12.5. The first-order chi connectivity index (χ1) is 12.1. The maximum absolute atomic E-state index is 12.2. The summed E-state index contributed by atoms with van der Waals surface area (Å²) in [6.45, 7) is 0. The summed E-state index contributed by atoms with van der Waals surface area (Å²) in [6, 6.07) is 18.2. The Morgan fingerprint density at radius 1 is 1.04 bits per heavy atom. The molecule has 0 saturated heterocycles. The molecule has 5 heteroatoms. The SMILES string of the molecule is O=C1Cc2c(C(=O)O)cc(-c3ccccc3)nc2-c2ccccc2N1. The molecule has 2 heterocycles. The lowest BCUT2D eigenvalue weighted by molar-refractivity contribution is -0.115. The number of nitrogens with zero attached hydrogens (tertiary/aromatic N) is 1. The lowest BCUT2D eigenvalue weighted by Gasteiger charge is -2.13. The van der Waals surface area contributed by atoms with Gasteiger partial charge in [-0.05, 0) is 12.1 Å². The number of amides is 1. The number of aromatic carboxylic acids is 1. The van der Waals surface area contributed by atoms with Crippen LogP contribution >= 0.6 is 0 Å². The van der Waals surface area contributed by atoms with E-state index in [9.17, 15) is 14.7 Å². The van der Waals surface area contributed by atoms with Gasteiger partial charge in [-0.1, -0.05) is 48.5 Å². The molecule has 5 nitrogen and oxygen atoms in total. The van der Waals surface area contributed by atoms with Crippen LogP contribution in [0.15, 0.2) is 60.7 Å². The minimum absolute atomic E-state index is 0.0201. The summed E-state index contributed by atoms with van der Waals surface area (Å²) in [7, 11) is 0. The molecule has 4 rings (SSSR count). The van der Waals surface area contributed by atoms with Crippen LogP contribution in [0.3, 0.4) is 0 Å². The van der Waals surface area contributed by atoms with Crippen LogP contribution in [0.1, 0.15) is 15.9 Å². The van der Waals surface area contributed by atoms with E-state index in [1.54, 1.807) is 6.07 Å². The second kappa shape index (κ2) is 5.87. The number of benzene rings is 2. The Kier molecular flexibility index (Phi) is 3.54. The number of rotatable bonds is 2. The zero-order valence-electron chi connectivity index (χ0n) is 13.2. The van der Waals surface area contributed by atoms with E-state index in [0.717, 1.165) is 11.1 Å². The minimum atomic E-state index is -1.07. The zero-order valence-corrected chi connectivity index (χ0v) is 13.2. The first-order valence-electron chi connectivity index (χ1n) is 7.85. The molecule has 1 amide bonds. The summed E-state index contributed by atoms with van der Waals surface area (Å²) < 4.78 is 0. The molecule has 2 aromatic carbocycles. The minimum Gasteiger partial charge on any atom is -0.478 e. The van der Waals surface area contributed by atoms with Crippen LogP contribution in [0, 0.1) is 0 Å². The van der Waals surface area contributed by atoms with E-state index < -0.39 is 5.97 Å². The number of para-hydroxylation sites is 1. The van der Waals surface area contributed by atoms with Crippen molar-refractivity contribution in [2.75, 3.05) is 5.32 Å². The third kappa shape index (κ3) is 2.65. The normalized spacial score (nSPS) is 12.6. The number of fused-ring (bicyclic) bond motifs is 3. The van der Waals surface area contributed by atoms with Gasteiger partial charge in [-0.2, -0.15) is 0 Å². The third-order valence-electron chi connectivity index (χ3n) is 4.22. The number of aromatic nitrogens is 1. The molecule has 122 valence electrons. The summed E-state index contributed by atoms with van der Waals surface area (Å²) >= 11 is 0. The number of pyridine rings is 1. The van der Waals surface area contributed by atoms with E-state index in [-0.39, 0.29) is 17.9 Å². The maximum Gasteiger partial charge on any atom is 0.336 e. The van der Waals surface area contributed by atoms with Gasteiger partial charge in [0.1, 0.15) is 0 Å². The standard InChI is InChI=1S/C20H14N2O3/c23-18-11-14-15(20(24)25)10-17(12-6-2-1-3-7-12)22-19(14)13-8-4-5-9-16(13)21-18/h1-10H,11H2,(H,21,23)(H,24,25). The van der Waals surface area contributed by atoms with E-state index in [2.05, 4.69) is 5.32 Å². The molecule has 1 aliphatic heterocycles. The number of carboxylic acids is 1. The number of carboxylic acid groups (broad SMARTS) is 1. The highest BCUT2D eigenvalue weighted by Gasteiger charge is 2.25. The largest absolute Gasteiger partial charge is 0.478 e. The van der Waals surface area contributed by atoms with E-state index >= 15 is 0 Å². The van der Waals surface area contributed by atoms with Gasteiger partial charge in [0.2, 0.25) is 5.91 Å². The van der Waals surface area contributed by atoms with Gasteiger partial charge < -0.3 is 10.4 Å². The summed E-state index contributed by atoms with van der Waals surface area (Å²) in [4.78, 5) is 28.7. The fourth-order valence-corrected chi connectivity index (χ4v) is 3.07. The second-order valence-corrected chi connectivity index (χ2v) is 5.82. The van der Waals surface area contributed by atoms with Crippen LogP contribution in [0.4, 0.5) is 5.69 Å². The molecule has 25 heavy (non-hydrogen) atoms. The molecule has 0 aliphatic carbocycles. The number of hydrogen-bond donors (Lipinski definition) is 2. The van der Waals surface area contributed by atoms with Crippen molar-refractivity contribution in [3.05, 3.63) is 71.8 Å².